The van der Waals surface area contributed by atoms with Gasteiger partial charge in [-0.2, -0.15) is 5.26 Å². The molecule has 0 spiro atoms. The quantitative estimate of drug-likeness (QED) is 0.377. The van der Waals surface area contributed by atoms with Crippen LogP contribution in [-0.4, -0.2) is 28.5 Å². The van der Waals surface area contributed by atoms with Crippen molar-refractivity contribution < 1.29 is 19.1 Å². The molecule has 0 unspecified atom stereocenters. The molecule has 1 aromatic heterocycles. The smallest absolute Gasteiger partial charge is 0.338 e. The van der Waals surface area contributed by atoms with Gasteiger partial charge in [0.05, 0.1) is 11.6 Å². The SMILES string of the molecule is CCn1c2ccccc2c2cc(NC(=O)[C@H](C)OC(=O)c3ccc(NC(=O)CC#N)cc3)ccc21. The molecule has 2 amide bonds. The third-order valence-corrected chi connectivity index (χ3v) is 5.65. The van der Waals surface area contributed by atoms with Gasteiger partial charge in [-0.25, -0.2) is 4.79 Å². The Morgan fingerprint density at radius 1 is 0.943 bits per heavy atom. The summed E-state index contributed by atoms with van der Waals surface area (Å²) in [6.07, 6.45) is -1.28. The lowest BCUT2D eigenvalue weighted by molar-refractivity contribution is -0.123. The first-order chi connectivity index (χ1) is 16.9. The standard InChI is InChI=1S/C27H24N4O4/c1-3-31-23-7-5-4-6-21(23)22-16-20(12-13-24(22)31)30-26(33)17(2)35-27(34)18-8-10-19(11-9-18)29-25(32)14-15-28/h4-13,16-17H,3,14H2,1-2H3,(H,29,32)(H,30,33)/t17-/m0/s1. The predicted molar refractivity (Wildman–Crippen MR) is 134 cm³/mol. The molecule has 176 valence electrons. The third kappa shape index (κ3) is 4.99. The van der Waals surface area contributed by atoms with Gasteiger partial charge in [0.2, 0.25) is 5.91 Å². The molecule has 0 radical (unpaired) electrons. The van der Waals surface area contributed by atoms with Crippen molar-refractivity contribution in [1.82, 2.24) is 4.57 Å². The van der Waals surface area contributed by atoms with Crippen molar-refractivity contribution in [2.75, 3.05) is 10.6 Å². The number of rotatable bonds is 7. The van der Waals surface area contributed by atoms with E-state index in [1.807, 2.05) is 30.3 Å². The first kappa shape index (κ1) is 23.5. The lowest BCUT2D eigenvalue weighted by atomic mass is 10.1. The lowest BCUT2D eigenvalue weighted by Crippen LogP contribution is -2.30. The van der Waals surface area contributed by atoms with Crippen LogP contribution < -0.4 is 10.6 Å². The Bertz CT molecular complexity index is 1460. The van der Waals surface area contributed by atoms with E-state index in [-0.39, 0.29) is 12.0 Å². The summed E-state index contributed by atoms with van der Waals surface area (Å²) in [7, 11) is 0. The van der Waals surface area contributed by atoms with E-state index in [0.717, 1.165) is 28.4 Å². The van der Waals surface area contributed by atoms with Crippen LogP contribution in [0.3, 0.4) is 0 Å². The Kier molecular flexibility index (Phi) is 6.78. The van der Waals surface area contributed by atoms with Crippen molar-refractivity contribution in [2.45, 2.75) is 32.9 Å². The predicted octanol–water partition coefficient (Wildman–Crippen LogP) is 4.85. The molecule has 3 aromatic carbocycles. The minimum atomic E-state index is -1.02. The molecule has 0 aliphatic heterocycles. The van der Waals surface area contributed by atoms with Gasteiger partial charge in [-0.1, -0.05) is 18.2 Å². The molecule has 4 aromatic rings. The first-order valence-corrected chi connectivity index (χ1v) is 11.2. The van der Waals surface area contributed by atoms with Crippen molar-refractivity contribution in [3.63, 3.8) is 0 Å². The third-order valence-electron chi connectivity index (χ3n) is 5.65. The van der Waals surface area contributed by atoms with Crippen LogP contribution in [0.25, 0.3) is 21.8 Å². The van der Waals surface area contributed by atoms with E-state index in [1.165, 1.54) is 31.2 Å². The maximum absolute atomic E-state index is 12.7. The second-order valence-corrected chi connectivity index (χ2v) is 7.99. The van der Waals surface area contributed by atoms with Crippen LogP contribution in [0.2, 0.25) is 0 Å². The molecular formula is C27H24N4O4. The maximum Gasteiger partial charge on any atom is 0.338 e. The molecule has 0 aliphatic rings. The number of benzene rings is 3. The van der Waals surface area contributed by atoms with Crippen LogP contribution >= 0.6 is 0 Å². The number of para-hydroxylation sites is 1. The first-order valence-electron chi connectivity index (χ1n) is 11.2. The average Bonchev–Trinajstić information content (AvgIpc) is 3.17. The van der Waals surface area contributed by atoms with Crippen molar-refractivity contribution in [2.24, 2.45) is 0 Å². The van der Waals surface area contributed by atoms with Crippen LogP contribution in [0.15, 0.2) is 66.7 Å². The average molecular weight is 469 g/mol. The number of anilines is 2. The van der Waals surface area contributed by atoms with E-state index in [1.54, 1.807) is 6.07 Å². The molecule has 35 heavy (non-hydrogen) atoms. The second kappa shape index (κ2) is 10.1. The molecule has 1 heterocycles. The second-order valence-electron chi connectivity index (χ2n) is 7.99. The zero-order valence-corrected chi connectivity index (χ0v) is 19.4. The summed E-state index contributed by atoms with van der Waals surface area (Å²) in [5.74, 6) is -1.55. The summed E-state index contributed by atoms with van der Waals surface area (Å²) in [5, 5.41) is 16.1. The highest BCUT2D eigenvalue weighted by Crippen LogP contribution is 2.31. The number of hydrogen-bond acceptors (Lipinski definition) is 5. The van der Waals surface area contributed by atoms with Gasteiger partial charge in [-0.05, 0) is 62.4 Å². The van der Waals surface area contributed by atoms with Crippen molar-refractivity contribution in [3.05, 3.63) is 72.3 Å². The van der Waals surface area contributed by atoms with E-state index >= 15 is 0 Å². The van der Waals surface area contributed by atoms with Crippen LogP contribution in [0.4, 0.5) is 11.4 Å². The zero-order valence-electron chi connectivity index (χ0n) is 19.4. The molecule has 0 bridgehead atoms. The summed E-state index contributed by atoms with van der Waals surface area (Å²) in [6, 6.07) is 21.6. The number of nitrogens with zero attached hydrogens (tertiary/aromatic N) is 2. The molecular weight excluding hydrogens is 444 g/mol. The zero-order chi connectivity index (χ0) is 24.9. The minimum Gasteiger partial charge on any atom is -0.449 e. The number of aryl methyl sites for hydroxylation is 1. The molecule has 0 saturated carbocycles. The molecule has 0 saturated heterocycles. The largest absolute Gasteiger partial charge is 0.449 e. The monoisotopic (exact) mass is 468 g/mol. The Labute approximate surface area is 202 Å². The number of carbonyl (C=O) groups is 3. The van der Waals surface area contributed by atoms with Crippen LogP contribution in [-0.2, 0) is 20.9 Å². The van der Waals surface area contributed by atoms with E-state index in [9.17, 15) is 14.4 Å². The summed E-state index contributed by atoms with van der Waals surface area (Å²) < 4.78 is 7.55. The van der Waals surface area contributed by atoms with Gasteiger partial charge in [0, 0.05) is 39.7 Å². The highest BCUT2D eigenvalue weighted by atomic mass is 16.5. The van der Waals surface area contributed by atoms with Gasteiger partial charge < -0.3 is 19.9 Å². The van der Waals surface area contributed by atoms with Gasteiger partial charge in [-0.15, -0.1) is 0 Å². The van der Waals surface area contributed by atoms with Crippen molar-refractivity contribution >= 4 is 51.0 Å². The lowest BCUT2D eigenvalue weighted by Gasteiger charge is -2.14. The molecule has 0 aliphatic carbocycles. The van der Waals surface area contributed by atoms with Crippen molar-refractivity contribution in [3.8, 4) is 6.07 Å². The minimum absolute atomic E-state index is 0.233. The number of amides is 2. The van der Waals surface area contributed by atoms with Gasteiger partial charge in [0.1, 0.15) is 6.42 Å². The highest BCUT2D eigenvalue weighted by Gasteiger charge is 2.20. The van der Waals surface area contributed by atoms with Gasteiger partial charge >= 0.3 is 5.97 Å². The normalized spacial score (nSPS) is 11.6. The fraction of sp³-hybridized carbons (Fsp3) is 0.185. The Morgan fingerprint density at radius 3 is 2.34 bits per heavy atom. The summed E-state index contributed by atoms with van der Waals surface area (Å²) in [5.41, 5.74) is 3.51. The van der Waals surface area contributed by atoms with E-state index in [2.05, 4.69) is 34.3 Å². The van der Waals surface area contributed by atoms with Gasteiger partial charge in [0.25, 0.3) is 5.91 Å². The Hall–Kier alpha value is -4.64. The molecule has 2 N–H and O–H groups in total. The van der Waals surface area contributed by atoms with Crippen LogP contribution in [0.1, 0.15) is 30.6 Å². The number of nitriles is 1. The Balaban J connectivity index is 1.43. The fourth-order valence-electron chi connectivity index (χ4n) is 3.96. The van der Waals surface area contributed by atoms with E-state index in [4.69, 9.17) is 10.00 Å². The number of fused-ring (bicyclic) bond motifs is 3. The molecule has 8 heteroatoms. The summed E-state index contributed by atoms with van der Waals surface area (Å²) >= 11 is 0. The topological polar surface area (TPSA) is 113 Å². The molecule has 4 rings (SSSR count). The number of nitrogens with one attached hydrogen (secondary N) is 2. The summed E-state index contributed by atoms with van der Waals surface area (Å²) in [6.45, 7) is 4.43. The Morgan fingerprint density at radius 2 is 1.63 bits per heavy atom. The van der Waals surface area contributed by atoms with Gasteiger partial charge in [0.15, 0.2) is 6.10 Å². The number of carbonyl (C=O) groups excluding carboxylic acids is 3. The van der Waals surface area contributed by atoms with Crippen molar-refractivity contribution in [1.29, 1.82) is 5.26 Å². The summed E-state index contributed by atoms with van der Waals surface area (Å²) in [4.78, 5) is 36.7. The number of ether oxygens (including phenoxy) is 1. The number of esters is 1. The van der Waals surface area contributed by atoms with Gasteiger partial charge in [-0.3, -0.25) is 9.59 Å². The van der Waals surface area contributed by atoms with Crippen LogP contribution in [0, 0.1) is 11.3 Å². The molecule has 0 fully saturated rings. The van der Waals surface area contributed by atoms with E-state index in [0.29, 0.717) is 11.4 Å². The number of hydrogen-bond donors (Lipinski definition) is 2. The molecule has 1 atom stereocenters. The maximum atomic E-state index is 12.7. The molecule has 8 nitrogen and oxygen atoms in total. The highest BCUT2D eigenvalue weighted by molar-refractivity contribution is 6.10. The fourth-order valence-corrected chi connectivity index (χ4v) is 3.96. The van der Waals surface area contributed by atoms with E-state index < -0.39 is 23.9 Å². The number of aromatic nitrogens is 1. The van der Waals surface area contributed by atoms with Crippen LogP contribution in [0.5, 0.6) is 0 Å².